The molecule has 1 aromatic carbocycles. The normalized spacial score (nSPS) is 10.8. The van der Waals surface area contributed by atoms with Crippen LogP contribution in [0.15, 0.2) is 18.2 Å². The van der Waals surface area contributed by atoms with Gasteiger partial charge in [-0.1, -0.05) is 12.1 Å². The number of aliphatic hydroxyl groups excluding tert-OH is 1. The molecular formula is C13H14FN3O3. The van der Waals surface area contributed by atoms with Crippen LogP contribution in [0.5, 0.6) is 0 Å². The highest BCUT2D eigenvalue weighted by Gasteiger charge is 2.19. The van der Waals surface area contributed by atoms with Crippen LogP contribution in [-0.2, 0) is 13.2 Å². The predicted octanol–water partition coefficient (Wildman–Crippen LogP) is 2.09. The van der Waals surface area contributed by atoms with Crippen LogP contribution in [0.25, 0.3) is 0 Å². The fourth-order valence-corrected chi connectivity index (χ4v) is 2.11. The Hall–Kier alpha value is -2.28. The molecule has 0 radical (unpaired) electrons. The van der Waals surface area contributed by atoms with E-state index in [0.29, 0.717) is 11.3 Å². The molecule has 0 aliphatic carbocycles. The van der Waals surface area contributed by atoms with Crippen molar-refractivity contribution in [3.8, 4) is 0 Å². The third-order valence-corrected chi connectivity index (χ3v) is 3.26. The Labute approximate surface area is 114 Å². The second kappa shape index (κ2) is 5.38. The Bertz CT molecular complexity index is 667. The number of aliphatic hydroxyl groups is 1. The molecule has 0 fully saturated rings. The molecule has 0 aliphatic heterocycles. The first-order chi connectivity index (χ1) is 9.45. The molecule has 20 heavy (non-hydrogen) atoms. The first-order valence-corrected chi connectivity index (χ1v) is 6.01. The van der Waals surface area contributed by atoms with Gasteiger partial charge in [-0.05, 0) is 13.8 Å². The largest absolute Gasteiger partial charge is 0.392 e. The Morgan fingerprint density at radius 3 is 2.70 bits per heavy atom. The zero-order chi connectivity index (χ0) is 14.9. The summed E-state index contributed by atoms with van der Waals surface area (Å²) in [6, 6.07) is 4.05. The van der Waals surface area contributed by atoms with Crippen molar-refractivity contribution in [2.75, 3.05) is 0 Å². The molecule has 0 saturated heterocycles. The van der Waals surface area contributed by atoms with Crippen LogP contribution in [0.1, 0.15) is 22.5 Å². The van der Waals surface area contributed by atoms with Gasteiger partial charge >= 0.3 is 5.69 Å². The van der Waals surface area contributed by atoms with Crippen molar-refractivity contribution in [3.05, 3.63) is 56.6 Å². The van der Waals surface area contributed by atoms with E-state index in [-0.39, 0.29) is 18.7 Å². The standard InChI is InChI=1S/C13H14FN3O3/c1-8-11(7-18)9(2)16(15-8)6-10-4-3-5-12(13(10)14)17(19)20/h3-5,18H,6-7H2,1-2H3. The first kappa shape index (κ1) is 14.1. The average molecular weight is 279 g/mol. The highest BCUT2D eigenvalue weighted by atomic mass is 19.1. The highest BCUT2D eigenvalue weighted by molar-refractivity contribution is 5.37. The van der Waals surface area contributed by atoms with Gasteiger partial charge in [0.05, 0.1) is 23.8 Å². The fraction of sp³-hybridized carbons (Fsp3) is 0.308. The summed E-state index contributed by atoms with van der Waals surface area (Å²) in [5.41, 5.74) is 1.71. The maximum atomic E-state index is 14.0. The molecule has 106 valence electrons. The van der Waals surface area contributed by atoms with Gasteiger partial charge in [0.15, 0.2) is 0 Å². The summed E-state index contributed by atoms with van der Waals surface area (Å²) < 4.78 is 15.5. The first-order valence-electron chi connectivity index (χ1n) is 6.01. The minimum atomic E-state index is -0.851. The van der Waals surface area contributed by atoms with Crippen LogP contribution in [0, 0.1) is 29.8 Å². The highest BCUT2D eigenvalue weighted by Crippen LogP contribution is 2.22. The van der Waals surface area contributed by atoms with Gasteiger partial charge in [0.25, 0.3) is 0 Å². The number of aryl methyl sites for hydroxylation is 1. The zero-order valence-corrected chi connectivity index (χ0v) is 11.1. The van der Waals surface area contributed by atoms with Crippen molar-refractivity contribution in [2.45, 2.75) is 27.0 Å². The molecule has 0 amide bonds. The van der Waals surface area contributed by atoms with Crippen molar-refractivity contribution in [3.63, 3.8) is 0 Å². The zero-order valence-electron chi connectivity index (χ0n) is 11.1. The summed E-state index contributed by atoms with van der Waals surface area (Å²) >= 11 is 0. The molecule has 0 spiro atoms. The maximum Gasteiger partial charge on any atom is 0.305 e. The van der Waals surface area contributed by atoms with E-state index >= 15 is 0 Å². The molecule has 1 aromatic heterocycles. The van der Waals surface area contributed by atoms with Crippen LogP contribution in [-0.4, -0.2) is 19.8 Å². The monoisotopic (exact) mass is 279 g/mol. The molecule has 0 atom stereocenters. The van der Waals surface area contributed by atoms with Crippen LogP contribution in [0.3, 0.4) is 0 Å². The number of nitrogens with zero attached hydrogens (tertiary/aromatic N) is 3. The predicted molar refractivity (Wildman–Crippen MR) is 69.8 cm³/mol. The Morgan fingerprint density at radius 1 is 1.45 bits per heavy atom. The van der Waals surface area contributed by atoms with Gasteiger partial charge in [-0.25, -0.2) is 0 Å². The number of aromatic nitrogens is 2. The summed E-state index contributed by atoms with van der Waals surface area (Å²) in [6.45, 7) is 3.45. The van der Waals surface area contributed by atoms with E-state index in [1.165, 1.54) is 16.8 Å². The summed E-state index contributed by atoms with van der Waals surface area (Å²) in [5.74, 6) is -0.851. The van der Waals surface area contributed by atoms with Gasteiger partial charge in [0.1, 0.15) is 0 Å². The Morgan fingerprint density at radius 2 is 2.15 bits per heavy atom. The van der Waals surface area contributed by atoms with Crippen LogP contribution in [0.4, 0.5) is 10.1 Å². The van der Waals surface area contributed by atoms with Gasteiger partial charge < -0.3 is 5.11 Å². The van der Waals surface area contributed by atoms with Gasteiger partial charge in [-0.15, -0.1) is 0 Å². The minimum absolute atomic E-state index is 0.0835. The number of halogens is 1. The maximum absolute atomic E-state index is 14.0. The number of nitro benzene ring substituents is 1. The second-order valence-corrected chi connectivity index (χ2v) is 4.47. The smallest absolute Gasteiger partial charge is 0.305 e. The molecular weight excluding hydrogens is 265 g/mol. The quantitative estimate of drug-likeness (QED) is 0.686. The van der Waals surface area contributed by atoms with Gasteiger partial charge in [-0.2, -0.15) is 9.49 Å². The average Bonchev–Trinajstić information content (AvgIpc) is 2.66. The van der Waals surface area contributed by atoms with E-state index in [1.54, 1.807) is 13.8 Å². The van der Waals surface area contributed by atoms with Crippen LogP contribution >= 0.6 is 0 Å². The molecule has 7 heteroatoms. The Kier molecular flexibility index (Phi) is 3.80. The second-order valence-electron chi connectivity index (χ2n) is 4.47. The van der Waals surface area contributed by atoms with Gasteiger partial charge in [-0.3, -0.25) is 14.8 Å². The molecule has 0 saturated carbocycles. The number of hydrogen-bond donors (Lipinski definition) is 1. The van der Waals surface area contributed by atoms with Gasteiger partial charge in [0, 0.05) is 22.9 Å². The number of nitro groups is 1. The summed E-state index contributed by atoms with van der Waals surface area (Å²) in [4.78, 5) is 9.96. The summed E-state index contributed by atoms with van der Waals surface area (Å²) in [7, 11) is 0. The topological polar surface area (TPSA) is 81.2 Å². The third kappa shape index (κ3) is 2.39. The molecule has 0 unspecified atom stereocenters. The van der Waals surface area contributed by atoms with Crippen molar-refractivity contribution in [2.24, 2.45) is 0 Å². The van der Waals surface area contributed by atoms with Crippen LogP contribution in [0.2, 0.25) is 0 Å². The number of hydrogen-bond acceptors (Lipinski definition) is 4. The van der Waals surface area contributed by atoms with E-state index < -0.39 is 16.4 Å². The molecule has 2 rings (SSSR count). The van der Waals surface area contributed by atoms with Crippen molar-refractivity contribution in [1.29, 1.82) is 0 Å². The van der Waals surface area contributed by atoms with E-state index in [9.17, 15) is 19.6 Å². The molecule has 0 bridgehead atoms. The Balaban J connectivity index is 2.41. The van der Waals surface area contributed by atoms with E-state index in [0.717, 1.165) is 11.8 Å². The molecule has 1 N–H and O–H groups in total. The SMILES string of the molecule is Cc1nn(Cc2cccc([N+](=O)[O-])c2F)c(C)c1CO. The van der Waals surface area contributed by atoms with E-state index in [2.05, 4.69) is 5.10 Å². The number of rotatable bonds is 4. The van der Waals surface area contributed by atoms with Gasteiger partial charge in [0.2, 0.25) is 5.82 Å². The lowest BCUT2D eigenvalue weighted by molar-refractivity contribution is -0.387. The molecule has 2 aromatic rings. The summed E-state index contributed by atoms with van der Waals surface area (Å²) in [5, 5.41) is 24.2. The minimum Gasteiger partial charge on any atom is -0.392 e. The van der Waals surface area contributed by atoms with E-state index in [1.807, 2.05) is 0 Å². The van der Waals surface area contributed by atoms with Crippen LogP contribution < -0.4 is 0 Å². The lowest BCUT2D eigenvalue weighted by Crippen LogP contribution is -2.07. The van der Waals surface area contributed by atoms with Crippen molar-refractivity contribution < 1.29 is 14.4 Å². The van der Waals surface area contributed by atoms with Crippen molar-refractivity contribution in [1.82, 2.24) is 9.78 Å². The fourth-order valence-electron chi connectivity index (χ4n) is 2.11. The van der Waals surface area contributed by atoms with Crippen molar-refractivity contribution >= 4 is 5.69 Å². The third-order valence-electron chi connectivity index (χ3n) is 3.26. The molecule has 1 heterocycles. The lowest BCUT2D eigenvalue weighted by Gasteiger charge is -2.06. The summed E-state index contributed by atoms with van der Waals surface area (Å²) in [6.07, 6.45) is 0. The molecule has 0 aliphatic rings. The van der Waals surface area contributed by atoms with E-state index in [4.69, 9.17) is 0 Å². The number of benzene rings is 1. The molecule has 6 nitrogen and oxygen atoms in total. The lowest BCUT2D eigenvalue weighted by atomic mass is 10.1.